The number of aromatic amines is 1. The van der Waals surface area contributed by atoms with Gasteiger partial charge in [-0.25, -0.2) is 17.7 Å². The predicted octanol–water partition coefficient (Wildman–Crippen LogP) is 0.590. The number of carbonyl (C=O) groups excluding carboxylic acids is 1. The molecule has 2 aromatic rings. The minimum absolute atomic E-state index is 0.148. The van der Waals surface area contributed by atoms with Gasteiger partial charge in [0.25, 0.3) is 5.91 Å². The van der Waals surface area contributed by atoms with Crippen molar-refractivity contribution in [3.8, 4) is 0 Å². The standard InChI is InChI=1S/C13H16N4O3S/c1-17(2)21(19,20)11-5-3-10(4-6-11)13(18)16-9-12-14-7-8-15-12/h3-8H,9H2,1-2H3,(H,14,15)(H,16,18). The van der Waals surface area contributed by atoms with Crippen LogP contribution in [0.5, 0.6) is 0 Å². The molecule has 0 bridgehead atoms. The van der Waals surface area contributed by atoms with Crippen molar-refractivity contribution >= 4 is 15.9 Å². The Balaban J connectivity index is 2.07. The van der Waals surface area contributed by atoms with Crippen molar-refractivity contribution in [1.82, 2.24) is 19.6 Å². The quantitative estimate of drug-likeness (QED) is 0.845. The van der Waals surface area contributed by atoms with Gasteiger partial charge in [0.05, 0.1) is 11.4 Å². The van der Waals surface area contributed by atoms with Gasteiger partial charge in [0, 0.05) is 32.1 Å². The number of hydrogen-bond acceptors (Lipinski definition) is 4. The fraction of sp³-hybridized carbons (Fsp3) is 0.231. The SMILES string of the molecule is CN(C)S(=O)(=O)c1ccc(C(=O)NCc2ncc[nH]2)cc1. The van der Waals surface area contributed by atoms with E-state index in [1.165, 1.54) is 38.4 Å². The van der Waals surface area contributed by atoms with Crippen molar-refractivity contribution in [2.75, 3.05) is 14.1 Å². The third-order valence-corrected chi connectivity index (χ3v) is 4.70. The summed E-state index contributed by atoms with van der Waals surface area (Å²) in [7, 11) is -0.565. The first-order chi connectivity index (χ1) is 9.91. The number of benzene rings is 1. The maximum Gasteiger partial charge on any atom is 0.251 e. The van der Waals surface area contributed by atoms with Gasteiger partial charge in [-0.15, -0.1) is 0 Å². The molecule has 0 aliphatic heterocycles. The van der Waals surface area contributed by atoms with Crippen LogP contribution in [0.25, 0.3) is 0 Å². The number of amides is 1. The third-order valence-electron chi connectivity index (χ3n) is 2.87. The Kier molecular flexibility index (Phi) is 4.39. The molecule has 112 valence electrons. The average Bonchev–Trinajstić information content (AvgIpc) is 2.98. The van der Waals surface area contributed by atoms with Gasteiger partial charge >= 0.3 is 0 Å². The van der Waals surface area contributed by atoms with Crippen LogP contribution < -0.4 is 5.32 Å². The smallest absolute Gasteiger partial charge is 0.251 e. The van der Waals surface area contributed by atoms with Crippen molar-refractivity contribution in [1.29, 1.82) is 0 Å². The van der Waals surface area contributed by atoms with E-state index >= 15 is 0 Å². The lowest BCUT2D eigenvalue weighted by atomic mass is 10.2. The molecule has 2 rings (SSSR count). The summed E-state index contributed by atoms with van der Waals surface area (Å²) in [5, 5.41) is 2.69. The summed E-state index contributed by atoms with van der Waals surface area (Å²) in [5.74, 6) is 0.357. The molecule has 0 saturated heterocycles. The molecular formula is C13H16N4O3S. The Bertz CT molecular complexity index is 706. The zero-order chi connectivity index (χ0) is 15.5. The van der Waals surface area contributed by atoms with E-state index in [1.54, 1.807) is 12.4 Å². The largest absolute Gasteiger partial charge is 0.347 e. The highest BCUT2D eigenvalue weighted by atomic mass is 32.2. The summed E-state index contributed by atoms with van der Waals surface area (Å²) in [6.07, 6.45) is 3.27. The van der Waals surface area contributed by atoms with Gasteiger partial charge in [-0.1, -0.05) is 0 Å². The molecule has 1 aromatic heterocycles. The van der Waals surface area contributed by atoms with Crippen molar-refractivity contribution in [2.24, 2.45) is 0 Å². The van der Waals surface area contributed by atoms with Crippen molar-refractivity contribution in [3.05, 3.63) is 48.0 Å². The predicted molar refractivity (Wildman–Crippen MR) is 77.1 cm³/mol. The van der Waals surface area contributed by atoms with Crippen molar-refractivity contribution in [3.63, 3.8) is 0 Å². The van der Waals surface area contributed by atoms with E-state index in [0.29, 0.717) is 11.4 Å². The van der Waals surface area contributed by atoms with Crippen molar-refractivity contribution in [2.45, 2.75) is 11.4 Å². The minimum atomic E-state index is -3.48. The highest BCUT2D eigenvalue weighted by molar-refractivity contribution is 7.89. The Morgan fingerprint density at radius 3 is 2.48 bits per heavy atom. The van der Waals surface area contributed by atoms with Crippen molar-refractivity contribution < 1.29 is 13.2 Å². The third kappa shape index (κ3) is 3.47. The molecule has 8 heteroatoms. The van der Waals surface area contributed by atoms with E-state index in [1.807, 2.05) is 0 Å². The molecule has 7 nitrogen and oxygen atoms in total. The van der Waals surface area contributed by atoms with Crippen LogP contribution in [0.1, 0.15) is 16.2 Å². The molecule has 1 amide bonds. The second-order valence-electron chi connectivity index (χ2n) is 4.53. The number of nitrogens with zero attached hydrogens (tertiary/aromatic N) is 2. The maximum atomic E-state index is 11.9. The van der Waals surface area contributed by atoms with E-state index < -0.39 is 10.0 Å². The first-order valence-electron chi connectivity index (χ1n) is 6.20. The zero-order valence-corrected chi connectivity index (χ0v) is 12.5. The molecule has 1 heterocycles. The lowest BCUT2D eigenvalue weighted by Gasteiger charge is -2.11. The monoisotopic (exact) mass is 308 g/mol. The maximum absolute atomic E-state index is 11.9. The molecule has 0 saturated carbocycles. The fourth-order valence-corrected chi connectivity index (χ4v) is 2.55. The van der Waals surface area contributed by atoms with E-state index in [-0.39, 0.29) is 17.3 Å². The Hall–Kier alpha value is -2.19. The van der Waals surface area contributed by atoms with Gasteiger partial charge < -0.3 is 10.3 Å². The molecule has 0 unspecified atom stereocenters. The number of imidazole rings is 1. The molecule has 0 spiro atoms. The van der Waals surface area contributed by atoms with Crippen LogP contribution in [0.15, 0.2) is 41.6 Å². The van der Waals surface area contributed by atoms with E-state index in [2.05, 4.69) is 15.3 Å². The Labute approximate surface area is 123 Å². The number of sulfonamides is 1. The van der Waals surface area contributed by atoms with Crippen LogP contribution in [0.3, 0.4) is 0 Å². The summed E-state index contributed by atoms with van der Waals surface area (Å²) in [4.78, 5) is 18.9. The lowest BCUT2D eigenvalue weighted by Crippen LogP contribution is -2.24. The zero-order valence-electron chi connectivity index (χ0n) is 11.7. The van der Waals surface area contributed by atoms with Crippen LogP contribution in [-0.2, 0) is 16.6 Å². The van der Waals surface area contributed by atoms with Gasteiger partial charge in [0.2, 0.25) is 10.0 Å². The Morgan fingerprint density at radius 2 is 1.95 bits per heavy atom. The fourth-order valence-electron chi connectivity index (χ4n) is 1.65. The number of carbonyl (C=O) groups is 1. The molecule has 0 radical (unpaired) electrons. The number of H-pyrrole nitrogens is 1. The molecule has 21 heavy (non-hydrogen) atoms. The van der Waals surface area contributed by atoms with Crippen LogP contribution in [0, 0.1) is 0 Å². The van der Waals surface area contributed by atoms with Crippen LogP contribution in [0.4, 0.5) is 0 Å². The van der Waals surface area contributed by atoms with Gasteiger partial charge in [-0.3, -0.25) is 4.79 Å². The van der Waals surface area contributed by atoms with E-state index in [0.717, 1.165) is 4.31 Å². The molecule has 0 aliphatic rings. The van der Waals surface area contributed by atoms with E-state index in [4.69, 9.17) is 0 Å². The highest BCUT2D eigenvalue weighted by Crippen LogP contribution is 2.14. The van der Waals surface area contributed by atoms with Gasteiger partial charge in [-0.2, -0.15) is 0 Å². The molecule has 2 N–H and O–H groups in total. The second-order valence-corrected chi connectivity index (χ2v) is 6.68. The summed E-state index contributed by atoms with van der Waals surface area (Å²) in [6, 6.07) is 5.79. The second kappa shape index (κ2) is 6.06. The summed E-state index contributed by atoms with van der Waals surface area (Å²) in [5.41, 5.74) is 0.388. The van der Waals surface area contributed by atoms with Crippen LogP contribution >= 0.6 is 0 Å². The van der Waals surface area contributed by atoms with Crippen LogP contribution in [0.2, 0.25) is 0 Å². The highest BCUT2D eigenvalue weighted by Gasteiger charge is 2.17. The number of hydrogen-bond donors (Lipinski definition) is 2. The van der Waals surface area contributed by atoms with Gasteiger partial charge in [0.15, 0.2) is 0 Å². The first-order valence-corrected chi connectivity index (χ1v) is 7.64. The first kappa shape index (κ1) is 15.2. The normalized spacial score (nSPS) is 11.6. The van der Waals surface area contributed by atoms with Crippen LogP contribution in [-0.4, -0.2) is 42.7 Å². The van der Waals surface area contributed by atoms with Gasteiger partial charge in [0.1, 0.15) is 5.82 Å². The molecule has 0 aliphatic carbocycles. The lowest BCUT2D eigenvalue weighted by molar-refractivity contribution is 0.0950. The minimum Gasteiger partial charge on any atom is -0.347 e. The van der Waals surface area contributed by atoms with E-state index in [9.17, 15) is 13.2 Å². The average molecular weight is 308 g/mol. The molecule has 0 atom stereocenters. The number of aromatic nitrogens is 2. The number of nitrogens with one attached hydrogen (secondary N) is 2. The van der Waals surface area contributed by atoms with Gasteiger partial charge in [-0.05, 0) is 24.3 Å². The molecule has 0 fully saturated rings. The molecular weight excluding hydrogens is 292 g/mol. The topological polar surface area (TPSA) is 95.2 Å². The Morgan fingerprint density at radius 1 is 1.29 bits per heavy atom. The summed E-state index contributed by atoms with van der Waals surface area (Å²) >= 11 is 0. The molecule has 1 aromatic carbocycles. The summed E-state index contributed by atoms with van der Waals surface area (Å²) in [6.45, 7) is 0.281. The number of rotatable bonds is 5. The summed E-state index contributed by atoms with van der Waals surface area (Å²) < 4.78 is 24.9.